The maximum absolute atomic E-state index is 14.3. The Morgan fingerprint density at radius 1 is 1.11 bits per heavy atom. The third kappa shape index (κ3) is 5.47. The highest BCUT2D eigenvalue weighted by atomic mass is 32.2. The first kappa shape index (κ1) is 21.7. The summed E-state index contributed by atoms with van der Waals surface area (Å²) >= 11 is 0. The van der Waals surface area contributed by atoms with Crippen molar-refractivity contribution in [3.63, 3.8) is 0 Å². The predicted octanol–water partition coefficient (Wildman–Crippen LogP) is 1.74. The quantitative estimate of drug-likeness (QED) is 0.629. The van der Waals surface area contributed by atoms with Gasteiger partial charge in [0.1, 0.15) is 10.7 Å². The molecule has 0 atom stereocenters. The molecule has 27 heavy (non-hydrogen) atoms. The number of carbonyl (C=O) groups is 1. The van der Waals surface area contributed by atoms with Crippen LogP contribution >= 0.6 is 0 Å². The number of hydrogen-bond donors (Lipinski definition) is 0. The Hall–Kier alpha value is -1.55. The molecule has 9 heteroatoms. The van der Waals surface area contributed by atoms with Crippen LogP contribution in [0.5, 0.6) is 0 Å². The molecule has 0 radical (unpaired) electrons. The van der Waals surface area contributed by atoms with Crippen molar-refractivity contribution in [3.05, 3.63) is 29.6 Å². The highest BCUT2D eigenvalue weighted by Gasteiger charge is 2.30. The first-order valence-corrected chi connectivity index (χ1v) is 10.4. The van der Waals surface area contributed by atoms with E-state index in [-0.39, 0.29) is 11.5 Å². The largest absolute Gasteiger partial charge is 0.383 e. The number of piperidine rings is 1. The lowest BCUT2D eigenvalue weighted by Crippen LogP contribution is -2.37. The number of ether oxygens (including phenoxy) is 2. The molecule has 0 bridgehead atoms. The number of methoxy groups -OCH3 is 2. The summed E-state index contributed by atoms with van der Waals surface area (Å²) in [6.45, 7) is 2.04. The number of nitrogens with zero attached hydrogens (tertiary/aromatic N) is 2. The van der Waals surface area contributed by atoms with Gasteiger partial charge in [-0.25, -0.2) is 12.8 Å². The Morgan fingerprint density at radius 3 is 2.26 bits per heavy atom. The normalized spacial score (nSPS) is 15.7. The number of hydrogen-bond acceptors (Lipinski definition) is 5. The van der Waals surface area contributed by atoms with E-state index in [4.69, 9.17) is 9.47 Å². The van der Waals surface area contributed by atoms with Crippen molar-refractivity contribution in [2.45, 2.75) is 24.2 Å². The first-order valence-electron chi connectivity index (χ1n) is 8.98. The summed E-state index contributed by atoms with van der Waals surface area (Å²) in [6.07, 6.45) is 2.46. The van der Waals surface area contributed by atoms with E-state index >= 15 is 0 Å². The second kappa shape index (κ2) is 10.1. The number of amides is 1. The third-order valence-electron chi connectivity index (χ3n) is 4.53. The molecular weight excluding hydrogens is 375 g/mol. The van der Waals surface area contributed by atoms with Crippen LogP contribution in [0.2, 0.25) is 0 Å². The molecule has 0 saturated carbocycles. The van der Waals surface area contributed by atoms with Gasteiger partial charge in [-0.05, 0) is 31.0 Å². The fourth-order valence-corrected chi connectivity index (χ4v) is 4.59. The van der Waals surface area contributed by atoms with E-state index in [0.29, 0.717) is 39.4 Å². The van der Waals surface area contributed by atoms with Gasteiger partial charge >= 0.3 is 0 Å². The summed E-state index contributed by atoms with van der Waals surface area (Å²) in [5, 5.41) is 0. The number of halogens is 1. The maximum Gasteiger partial charge on any atom is 0.254 e. The fraction of sp³-hybridized carbons (Fsp3) is 0.611. The minimum Gasteiger partial charge on any atom is -0.383 e. The summed E-state index contributed by atoms with van der Waals surface area (Å²) in [6, 6.07) is 3.47. The van der Waals surface area contributed by atoms with Crippen molar-refractivity contribution in [2.75, 3.05) is 53.6 Å². The zero-order valence-corrected chi connectivity index (χ0v) is 16.6. The summed E-state index contributed by atoms with van der Waals surface area (Å²) in [5.74, 6) is -1.24. The average Bonchev–Trinajstić information content (AvgIpc) is 2.68. The van der Waals surface area contributed by atoms with Gasteiger partial charge in [0.15, 0.2) is 0 Å². The van der Waals surface area contributed by atoms with Crippen LogP contribution in [0.25, 0.3) is 0 Å². The minimum absolute atomic E-state index is 0.124. The molecular formula is C18H27FN2O5S. The summed E-state index contributed by atoms with van der Waals surface area (Å²) in [5.41, 5.74) is 0.124. The second-order valence-electron chi connectivity index (χ2n) is 6.39. The Balaban J connectivity index is 2.30. The van der Waals surface area contributed by atoms with Gasteiger partial charge in [0.25, 0.3) is 5.91 Å². The molecule has 1 saturated heterocycles. The monoisotopic (exact) mass is 402 g/mol. The predicted molar refractivity (Wildman–Crippen MR) is 98.7 cm³/mol. The molecule has 1 aromatic rings. The van der Waals surface area contributed by atoms with Gasteiger partial charge < -0.3 is 14.4 Å². The van der Waals surface area contributed by atoms with Gasteiger partial charge in [-0.1, -0.05) is 6.42 Å². The standard InChI is InChI=1S/C18H27FN2O5S/c1-25-12-10-20(11-13-26-2)18(22)15-6-7-16(19)17(14-15)27(23,24)21-8-4-3-5-9-21/h6-7,14H,3-5,8-13H2,1-2H3. The van der Waals surface area contributed by atoms with Gasteiger partial charge in [-0.2, -0.15) is 4.31 Å². The Bertz CT molecular complexity index is 727. The van der Waals surface area contributed by atoms with E-state index in [1.54, 1.807) is 0 Å². The molecule has 1 heterocycles. The minimum atomic E-state index is -3.97. The molecule has 1 fully saturated rings. The second-order valence-corrected chi connectivity index (χ2v) is 8.29. The van der Waals surface area contributed by atoms with Crippen LogP contribution in [0.3, 0.4) is 0 Å². The van der Waals surface area contributed by atoms with Crippen molar-refractivity contribution in [1.29, 1.82) is 0 Å². The molecule has 0 aliphatic carbocycles. The summed E-state index contributed by atoms with van der Waals surface area (Å²) in [7, 11) is -0.914. The van der Waals surface area contributed by atoms with E-state index in [9.17, 15) is 17.6 Å². The van der Waals surface area contributed by atoms with Crippen molar-refractivity contribution < 1.29 is 27.1 Å². The van der Waals surface area contributed by atoms with Gasteiger partial charge in [-0.3, -0.25) is 4.79 Å². The number of benzene rings is 1. The smallest absolute Gasteiger partial charge is 0.254 e. The van der Waals surface area contributed by atoms with Crippen LogP contribution in [-0.2, 0) is 19.5 Å². The molecule has 0 N–H and O–H groups in total. The van der Waals surface area contributed by atoms with Gasteiger partial charge in [0.05, 0.1) is 13.2 Å². The highest BCUT2D eigenvalue weighted by Crippen LogP contribution is 2.24. The average molecular weight is 402 g/mol. The van der Waals surface area contributed by atoms with E-state index in [0.717, 1.165) is 31.4 Å². The zero-order valence-electron chi connectivity index (χ0n) is 15.8. The number of rotatable bonds is 9. The zero-order chi connectivity index (χ0) is 19.9. The molecule has 1 aromatic carbocycles. The van der Waals surface area contributed by atoms with Gasteiger partial charge in [0.2, 0.25) is 10.0 Å². The molecule has 0 spiro atoms. The van der Waals surface area contributed by atoms with E-state index in [1.165, 1.54) is 29.5 Å². The highest BCUT2D eigenvalue weighted by molar-refractivity contribution is 7.89. The lowest BCUT2D eigenvalue weighted by Gasteiger charge is -2.26. The number of sulfonamides is 1. The maximum atomic E-state index is 14.3. The summed E-state index contributed by atoms with van der Waals surface area (Å²) in [4.78, 5) is 13.9. The molecule has 1 amide bonds. The molecule has 152 valence electrons. The molecule has 0 unspecified atom stereocenters. The van der Waals surface area contributed by atoms with Crippen molar-refractivity contribution in [1.82, 2.24) is 9.21 Å². The van der Waals surface area contributed by atoms with Crippen molar-refractivity contribution >= 4 is 15.9 Å². The Morgan fingerprint density at radius 2 is 1.70 bits per heavy atom. The van der Waals surface area contributed by atoms with Crippen LogP contribution < -0.4 is 0 Å². The summed E-state index contributed by atoms with van der Waals surface area (Å²) < 4.78 is 51.3. The molecule has 1 aliphatic heterocycles. The molecule has 2 rings (SSSR count). The molecule has 0 aromatic heterocycles. The Labute approximate surface area is 160 Å². The number of carbonyl (C=O) groups excluding carboxylic acids is 1. The van der Waals surface area contributed by atoms with Crippen LogP contribution in [0.4, 0.5) is 4.39 Å². The van der Waals surface area contributed by atoms with E-state index in [1.807, 2.05) is 0 Å². The lowest BCUT2D eigenvalue weighted by molar-refractivity contribution is 0.0627. The van der Waals surface area contributed by atoms with Crippen LogP contribution in [0, 0.1) is 5.82 Å². The van der Waals surface area contributed by atoms with E-state index in [2.05, 4.69) is 0 Å². The van der Waals surface area contributed by atoms with Crippen LogP contribution in [0.1, 0.15) is 29.6 Å². The SMILES string of the molecule is COCCN(CCOC)C(=O)c1ccc(F)c(S(=O)(=O)N2CCCCC2)c1. The van der Waals surface area contributed by atoms with Crippen molar-refractivity contribution in [2.24, 2.45) is 0 Å². The molecule has 1 aliphatic rings. The third-order valence-corrected chi connectivity index (χ3v) is 6.44. The Kier molecular flexibility index (Phi) is 8.15. The van der Waals surface area contributed by atoms with Crippen molar-refractivity contribution in [3.8, 4) is 0 Å². The van der Waals surface area contributed by atoms with Crippen LogP contribution in [0.15, 0.2) is 23.1 Å². The van der Waals surface area contributed by atoms with Crippen LogP contribution in [-0.4, -0.2) is 77.1 Å². The van der Waals surface area contributed by atoms with E-state index < -0.39 is 20.7 Å². The fourth-order valence-electron chi connectivity index (χ4n) is 2.98. The topological polar surface area (TPSA) is 76.1 Å². The van der Waals surface area contributed by atoms with Gasteiger partial charge in [-0.15, -0.1) is 0 Å². The lowest BCUT2D eigenvalue weighted by atomic mass is 10.2. The molecule has 7 nitrogen and oxygen atoms in total. The van der Waals surface area contributed by atoms with Gasteiger partial charge in [0, 0.05) is 46.0 Å². The first-order chi connectivity index (χ1) is 12.9.